The molecule has 454 valence electrons. The van der Waals surface area contributed by atoms with Crippen LogP contribution in [0.2, 0.25) is 0 Å². The normalized spacial score (nSPS) is 21.9. The molecule has 4 aromatic carbocycles. The second kappa shape index (κ2) is 25.1. The van der Waals surface area contributed by atoms with Gasteiger partial charge >= 0.3 is 0 Å². The Labute approximate surface area is 506 Å². The summed E-state index contributed by atoms with van der Waals surface area (Å²) < 4.78 is 29.0. The van der Waals surface area contributed by atoms with Crippen LogP contribution in [0.4, 0.5) is 17.1 Å². The van der Waals surface area contributed by atoms with Gasteiger partial charge in [0.25, 0.3) is 11.8 Å². The van der Waals surface area contributed by atoms with Crippen LogP contribution in [-0.2, 0) is 24.0 Å². The first-order chi connectivity index (χ1) is 41.9. The minimum absolute atomic E-state index is 0.0859. The number of hydrogen-bond donors (Lipinski definition) is 3. The zero-order valence-electron chi connectivity index (χ0n) is 50.3. The van der Waals surface area contributed by atoms with E-state index in [1.165, 1.54) is 24.7 Å². The molecule has 5 aliphatic heterocycles. The first kappa shape index (κ1) is 59.7. The molecule has 1 saturated heterocycles. The van der Waals surface area contributed by atoms with Gasteiger partial charge in [0.15, 0.2) is 23.0 Å². The number of carbonyl (C=O) groups excluding carboxylic acids is 7. The Hall–Kier alpha value is -9.07. The standard InChI is InChI=1S/C67H74N8O12/c1-36(2)48-26-41-27-49(48)60-59(41)66(81)73(67(60)82)21-10-9-12-58(76)72-61(37(3)4)63(78)70-38(5)62(77)71-44-17-13-39(14-18-44)42-24-45-32-68-52-30-56(54(84-7)28-50(52)64(79)74(45)34-42)86-22-11-23-87-57-31-53-51(29-55(57)85-8)65(80)75-35-43(25-46(75)33-69-53)40-15-19-47(83-6)20-16-40/h13-20,26,28-38,41,45-46,49,59-61H,9-12,21-25,27H2,1-8H3,(H,70,78)(H,71,77)(H,72,76)/t38-,41?,45-,46-,49?,59?,60?,61-/m0/s1. The number of amides is 7. The molecule has 20 heteroatoms. The van der Waals surface area contributed by atoms with Crippen molar-refractivity contribution in [2.24, 2.45) is 45.5 Å². The largest absolute Gasteiger partial charge is 0.497 e. The Kier molecular flexibility index (Phi) is 17.2. The Morgan fingerprint density at radius 1 is 0.632 bits per heavy atom. The summed E-state index contributed by atoms with van der Waals surface area (Å²) in [6, 6.07) is 19.3. The number of rotatable bonds is 23. The molecule has 87 heavy (non-hydrogen) atoms. The summed E-state index contributed by atoms with van der Waals surface area (Å²) in [5.41, 5.74) is 7.24. The van der Waals surface area contributed by atoms with Crippen LogP contribution in [-0.4, -0.2) is 134 Å². The van der Waals surface area contributed by atoms with E-state index in [1.807, 2.05) is 62.6 Å². The molecule has 0 spiro atoms. The summed E-state index contributed by atoms with van der Waals surface area (Å²) in [5.74, 6) is 0.287. The second-order valence-electron chi connectivity index (χ2n) is 23.9. The Bertz CT molecular complexity index is 3570. The number of hydrogen-bond acceptors (Lipinski definition) is 14. The maximum Gasteiger partial charge on any atom is 0.260 e. The summed E-state index contributed by atoms with van der Waals surface area (Å²) in [5, 5.41) is 8.43. The van der Waals surface area contributed by atoms with Crippen molar-refractivity contribution in [3.8, 4) is 28.7 Å². The number of anilines is 1. The van der Waals surface area contributed by atoms with Crippen molar-refractivity contribution >= 4 is 82.0 Å². The van der Waals surface area contributed by atoms with Gasteiger partial charge in [0, 0.05) is 74.9 Å². The highest BCUT2D eigenvalue weighted by molar-refractivity contribution is 6.08. The monoisotopic (exact) mass is 1180 g/mol. The molecule has 2 aliphatic carbocycles. The zero-order chi connectivity index (χ0) is 61.4. The highest BCUT2D eigenvalue weighted by atomic mass is 16.5. The SMILES string of the molecule is COc1ccc(C2=CN3C(=O)c4cc(OC)c(OCCCOc5cc6c(cc5OC)C(=O)N5C=C(c7ccc(NC(=O)[C@H](C)NC(=O)[C@@H](NC(=O)CCCCN8C(=O)C9C%10C=C(C(C)C)C(C%10)C9C8=O)C(C)C)cc7)C[C@H]5C=N6)cc4N=C[C@@H]3C2)cc1. The minimum Gasteiger partial charge on any atom is -0.497 e. The van der Waals surface area contributed by atoms with E-state index in [0.29, 0.717) is 89.2 Å². The number of nitrogens with zero attached hydrogens (tertiary/aromatic N) is 5. The first-order valence-electron chi connectivity index (χ1n) is 30.0. The number of ether oxygens (including phenoxy) is 5. The zero-order valence-corrected chi connectivity index (χ0v) is 50.3. The van der Waals surface area contributed by atoms with Gasteiger partial charge in [-0.2, -0.15) is 0 Å². The molecule has 20 nitrogen and oxygen atoms in total. The highest BCUT2D eigenvalue weighted by Crippen LogP contribution is 2.57. The molecule has 5 heterocycles. The van der Waals surface area contributed by atoms with E-state index in [4.69, 9.17) is 33.7 Å². The number of carbonyl (C=O) groups is 7. The second-order valence-corrected chi connectivity index (χ2v) is 23.9. The van der Waals surface area contributed by atoms with Crippen LogP contribution in [0.5, 0.6) is 28.7 Å². The number of unbranched alkanes of at least 4 members (excludes halogenated alkanes) is 1. The van der Waals surface area contributed by atoms with E-state index in [-0.39, 0.29) is 97.4 Å². The molecular weight excluding hydrogens is 1110 g/mol. The lowest BCUT2D eigenvalue weighted by Crippen LogP contribution is -2.53. The van der Waals surface area contributed by atoms with Crippen LogP contribution in [0.15, 0.2) is 107 Å². The Balaban J connectivity index is 0.629. The topological polar surface area (TPSA) is 236 Å². The molecule has 1 saturated carbocycles. The van der Waals surface area contributed by atoms with E-state index >= 15 is 0 Å². The lowest BCUT2D eigenvalue weighted by atomic mass is 9.78. The predicted octanol–water partition coefficient (Wildman–Crippen LogP) is 9.09. The lowest BCUT2D eigenvalue weighted by Gasteiger charge is -2.24. The van der Waals surface area contributed by atoms with Crippen molar-refractivity contribution in [2.45, 2.75) is 104 Å². The molecule has 0 aromatic heterocycles. The van der Waals surface area contributed by atoms with Crippen LogP contribution >= 0.6 is 0 Å². The molecule has 3 N–H and O–H groups in total. The summed E-state index contributed by atoms with van der Waals surface area (Å²) in [7, 11) is 4.66. The molecule has 2 fully saturated rings. The van der Waals surface area contributed by atoms with E-state index < -0.39 is 23.9 Å². The van der Waals surface area contributed by atoms with Crippen LogP contribution < -0.4 is 39.6 Å². The third-order valence-corrected chi connectivity index (χ3v) is 17.7. The smallest absolute Gasteiger partial charge is 0.260 e. The number of likely N-dealkylation sites (tertiary alicyclic amines) is 1. The van der Waals surface area contributed by atoms with E-state index in [0.717, 1.165) is 34.4 Å². The van der Waals surface area contributed by atoms with Gasteiger partial charge in [0.05, 0.1) is 81.0 Å². The average Bonchev–Trinajstić information content (AvgIpc) is 1.62. The quantitative estimate of drug-likeness (QED) is 0.0358. The molecule has 0 radical (unpaired) electrons. The average molecular weight is 1180 g/mol. The summed E-state index contributed by atoms with van der Waals surface area (Å²) >= 11 is 0. The molecule has 4 aromatic rings. The maximum atomic E-state index is 14.2. The predicted molar refractivity (Wildman–Crippen MR) is 328 cm³/mol. The van der Waals surface area contributed by atoms with Crippen molar-refractivity contribution < 1.29 is 57.2 Å². The van der Waals surface area contributed by atoms with Crippen LogP contribution in [0.25, 0.3) is 11.1 Å². The van der Waals surface area contributed by atoms with Gasteiger partial charge in [-0.1, -0.05) is 63.6 Å². The number of nitrogens with one attached hydrogen (secondary N) is 3. The van der Waals surface area contributed by atoms with Crippen LogP contribution in [0, 0.1) is 35.5 Å². The Morgan fingerprint density at radius 3 is 1.71 bits per heavy atom. The molecule has 7 aliphatic rings. The number of allylic oxidation sites excluding steroid dienone is 2. The fourth-order valence-corrected chi connectivity index (χ4v) is 13.1. The number of benzene rings is 4. The molecule has 11 rings (SSSR count). The van der Waals surface area contributed by atoms with Gasteiger partial charge in [-0.05, 0) is 109 Å². The van der Waals surface area contributed by atoms with Gasteiger partial charge in [-0.15, -0.1) is 0 Å². The number of imide groups is 1. The lowest BCUT2D eigenvalue weighted by molar-refractivity contribution is -0.140. The van der Waals surface area contributed by atoms with Crippen molar-refractivity contribution in [1.82, 2.24) is 25.3 Å². The van der Waals surface area contributed by atoms with Gasteiger partial charge in [-0.3, -0.25) is 48.4 Å². The fourth-order valence-electron chi connectivity index (χ4n) is 13.1. The summed E-state index contributed by atoms with van der Waals surface area (Å²) in [6.45, 7) is 10.2. The third-order valence-electron chi connectivity index (χ3n) is 17.7. The molecule has 8 atom stereocenters. The van der Waals surface area contributed by atoms with Crippen molar-refractivity contribution in [2.75, 3.05) is 46.4 Å². The number of aliphatic imine (C=N–C) groups is 2. The highest BCUT2D eigenvalue weighted by Gasteiger charge is 2.61. The Morgan fingerprint density at radius 2 is 1.18 bits per heavy atom. The van der Waals surface area contributed by atoms with Gasteiger partial charge in [-0.25, -0.2) is 0 Å². The summed E-state index contributed by atoms with van der Waals surface area (Å²) in [6.07, 6.45) is 12.9. The molecular formula is C67H74N8O12. The van der Waals surface area contributed by atoms with Crippen molar-refractivity contribution in [3.05, 3.63) is 119 Å². The van der Waals surface area contributed by atoms with Gasteiger partial charge in [0.2, 0.25) is 29.5 Å². The van der Waals surface area contributed by atoms with E-state index in [9.17, 15) is 33.6 Å². The van der Waals surface area contributed by atoms with E-state index in [2.05, 4.69) is 35.9 Å². The third kappa shape index (κ3) is 12.0. The van der Waals surface area contributed by atoms with Crippen molar-refractivity contribution in [3.63, 3.8) is 0 Å². The summed E-state index contributed by atoms with van der Waals surface area (Å²) in [4.78, 5) is 109. The fraction of sp³-hybridized carbons (Fsp3) is 0.418. The van der Waals surface area contributed by atoms with Crippen LogP contribution in [0.3, 0.4) is 0 Å². The molecule has 2 bridgehead atoms. The van der Waals surface area contributed by atoms with E-state index in [1.54, 1.807) is 72.7 Å². The van der Waals surface area contributed by atoms with Gasteiger partial charge in [0.1, 0.15) is 17.8 Å². The maximum absolute atomic E-state index is 14.2. The number of fused-ring (bicyclic) bond motifs is 9. The molecule has 4 unspecified atom stereocenters. The van der Waals surface area contributed by atoms with Crippen LogP contribution in [0.1, 0.15) is 111 Å². The minimum atomic E-state index is -0.938. The van der Waals surface area contributed by atoms with Gasteiger partial charge < -0.3 is 49.4 Å². The van der Waals surface area contributed by atoms with Crippen molar-refractivity contribution in [1.29, 1.82) is 0 Å². The number of methoxy groups -OCH3 is 3. The first-order valence-corrected chi connectivity index (χ1v) is 30.0. The molecule has 7 amide bonds.